The minimum atomic E-state index is -3.17. The molecular weight excluding hydrogens is 393 g/mol. The number of nitrogens with one attached hydrogen (secondary N) is 1. The molecule has 0 aliphatic carbocycles. The third-order valence-corrected chi connectivity index (χ3v) is 4.78. The quantitative estimate of drug-likeness (QED) is 0.552. The van der Waals surface area contributed by atoms with Crippen molar-refractivity contribution in [2.75, 3.05) is 13.2 Å². The van der Waals surface area contributed by atoms with Gasteiger partial charge in [-0.1, -0.05) is 12.1 Å². The van der Waals surface area contributed by atoms with Crippen molar-refractivity contribution >= 4 is 14.5 Å². The molecule has 152 valence electrons. The average Bonchev–Trinajstić information content (AvgIpc) is 3.12. The van der Waals surface area contributed by atoms with E-state index in [2.05, 4.69) is 14.6 Å². The molecule has 0 amide bonds. The van der Waals surface area contributed by atoms with Crippen molar-refractivity contribution in [3.05, 3.63) is 58.7 Å². The lowest BCUT2D eigenvalue weighted by atomic mass is 9.98. The largest absolute Gasteiger partial charge is 0.489 e. The summed E-state index contributed by atoms with van der Waals surface area (Å²) in [4.78, 5) is 0. The van der Waals surface area contributed by atoms with Gasteiger partial charge >= 0.3 is 0 Å². The molecule has 0 bridgehead atoms. The summed E-state index contributed by atoms with van der Waals surface area (Å²) in [6.07, 6.45) is -0.263. The van der Waals surface area contributed by atoms with Crippen LogP contribution < -0.4 is 15.4 Å². The Kier molecular flexibility index (Phi) is 5.99. The highest BCUT2D eigenvalue weighted by Gasteiger charge is 2.31. The molecule has 8 heteroatoms. The molecule has 2 atom stereocenters. The second-order valence-corrected chi connectivity index (χ2v) is 7.64. The van der Waals surface area contributed by atoms with Gasteiger partial charge in [0.25, 0.3) is 11.8 Å². The number of benzene rings is 2. The Labute approximate surface area is 163 Å². The molecule has 2 aromatic carbocycles. The van der Waals surface area contributed by atoms with Gasteiger partial charge in [-0.05, 0) is 40.7 Å². The Hall–Kier alpha value is -1.69. The Balaban J connectivity index is 1.87. The molecule has 2 aromatic rings. The molecule has 1 saturated heterocycles. The van der Waals surface area contributed by atoms with E-state index in [0.717, 1.165) is 49.5 Å². The van der Waals surface area contributed by atoms with Gasteiger partial charge in [0.05, 0.1) is 6.61 Å². The molecule has 2 unspecified atom stereocenters. The standard InChI is InChI=1S/C20H22F4NO2P/c1-19(21,22)14-3-4-17(20(2,23)24)13(7-14)11-27-15-8-12(9-16(28)10-15)18-25-5-6-26-18/h3-4,7-10,18,25H,5-6,11,28H2,1-2H3. The van der Waals surface area contributed by atoms with E-state index in [1.54, 1.807) is 12.1 Å². The van der Waals surface area contributed by atoms with Crippen LogP contribution in [0.25, 0.3) is 0 Å². The summed E-state index contributed by atoms with van der Waals surface area (Å²) >= 11 is 0. The smallest absolute Gasteiger partial charge is 0.270 e. The van der Waals surface area contributed by atoms with Gasteiger partial charge in [-0.3, -0.25) is 5.32 Å². The highest BCUT2D eigenvalue weighted by atomic mass is 31.0. The highest BCUT2D eigenvalue weighted by Crippen LogP contribution is 2.35. The van der Waals surface area contributed by atoms with Crippen molar-refractivity contribution in [1.29, 1.82) is 0 Å². The molecule has 28 heavy (non-hydrogen) atoms. The van der Waals surface area contributed by atoms with E-state index in [9.17, 15) is 17.6 Å². The fourth-order valence-corrected chi connectivity index (χ4v) is 3.45. The second-order valence-electron chi connectivity index (χ2n) is 6.98. The number of ether oxygens (including phenoxy) is 2. The summed E-state index contributed by atoms with van der Waals surface area (Å²) < 4.78 is 66.4. The predicted molar refractivity (Wildman–Crippen MR) is 102 cm³/mol. The zero-order valence-corrected chi connectivity index (χ0v) is 16.7. The van der Waals surface area contributed by atoms with E-state index >= 15 is 0 Å². The molecular formula is C20H22F4NO2P. The van der Waals surface area contributed by atoms with Crippen LogP contribution in [0.2, 0.25) is 0 Å². The lowest BCUT2D eigenvalue weighted by Crippen LogP contribution is -2.16. The Morgan fingerprint density at radius 1 is 1.11 bits per heavy atom. The second kappa shape index (κ2) is 7.97. The number of rotatable bonds is 6. The summed E-state index contributed by atoms with van der Waals surface area (Å²) in [7, 11) is 2.55. The van der Waals surface area contributed by atoms with Gasteiger partial charge in [-0.15, -0.1) is 9.24 Å². The van der Waals surface area contributed by atoms with Crippen LogP contribution in [0.1, 0.15) is 42.3 Å². The van der Waals surface area contributed by atoms with Gasteiger partial charge in [0, 0.05) is 31.5 Å². The Morgan fingerprint density at radius 3 is 2.46 bits per heavy atom. The SMILES string of the molecule is CC(F)(F)c1ccc(C(C)(F)F)c(COc2cc(P)cc(C3NCCO3)c2)c1. The first kappa shape index (κ1) is 21.0. The maximum atomic E-state index is 13.9. The van der Waals surface area contributed by atoms with Crippen molar-refractivity contribution in [3.8, 4) is 5.75 Å². The summed E-state index contributed by atoms with van der Waals surface area (Å²) in [6.45, 7) is 2.54. The van der Waals surface area contributed by atoms with Gasteiger partial charge < -0.3 is 9.47 Å². The van der Waals surface area contributed by atoms with Crippen LogP contribution in [0.15, 0.2) is 36.4 Å². The summed E-state index contributed by atoms with van der Waals surface area (Å²) in [6, 6.07) is 8.54. The number of halogens is 4. The minimum Gasteiger partial charge on any atom is -0.489 e. The highest BCUT2D eigenvalue weighted by molar-refractivity contribution is 7.27. The number of hydrogen-bond donors (Lipinski definition) is 1. The van der Waals surface area contributed by atoms with E-state index in [1.807, 2.05) is 6.07 Å². The molecule has 0 aromatic heterocycles. The molecule has 3 rings (SSSR count). The third kappa shape index (κ3) is 5.02. The maximum Gasteiger partial charge on any atom is 0.270 e. The molecule has 0 radical (unpaired) electrons. The third-order valence-electron chi connectivity index (χ3n) is 4.45. The van der Waals surface area contributed by atoms with E-state index < -0.39 is 11.8 Å². The Morgan fingerprint density at radius 2 is 1.86 bits per heavy atom. The lowest BCUT2D eigenvalue weighted by molar-refractivity contribution is 0.0115. The van der Waals surface area contributed by atoms with Gasteiger partial charge in [-0.2, -0.15) is 0 Å². The molecule has 1 aliphatic rings. The zero-order valence-electron chi connectivity index (χ0n) is 15.6. The molecule has 1 fully saturated rings. The Bertz CT molecular complexity index is 843. The number of alkyl halides is 4. The molecule has 3 nitrogen and oxygen atoms in total. The van der Waals surface area contributed by atoms with Crippen LogP contribution in [0, 0.1) is 0 Å². The lowest BCUT2D eigenvalue weighted by Gasteiger charge is -2.20. The summed E-state index contributed by atoms with van der Waals surface area (Å²) in [5.74, 6) is -5.86. The van der Waals surface area contributed by atoms with Crippen LogP contribution in [0.3, 0.4) is 0 Å². The van der Waals surface area contributed by atoms with Crippen LogP contribution in [-0.4, -0.2) is 13.2 Å². The van der Waals surface area contributed by atoms with Crippen LogP contribution in [-0.2, 0) is 23.2 Å². The van der Waals surface area contributed by atoms with Crippen molar-refractivity contribution in [2.24, 2.45) is 0 Å². The fourth-order valence-electron chi connectivity index (χ4n) is 3.10. The first-order valence-corrected chi connectivity index (χ1v) is 9.39. The van der Waals surface area contributed by atoms with Gasteiger partial charge in [0.1, 0.15) is 18.6 Å². The van der Waals surface area contributed by atoms with E-state index in [1.165, 1.54) is 0 Å². The average molecular weight is 415 g/mol. The number of hydrogen-bond acceptors (Lipinski definition) is 3. The van der Waals surface area contributed by atoms with Crippen molar-refractivity contribution in [3.63, 3.8) is 0 Å². The summed E-state index contributed by atoms with van der Waals surface area (Å²) in [5.41, 5.74) is 0.207. The monoisotopic (exact) mass is 415 g/mol. The molecule has 1 heterocycles. The maximum absolute atomic E-state index is 13.9. The van der Waals surface area contributed by atoms with Crippen molar-refractivity contribution in [1.82, 2.24) is 5.32 Å². The van der Waals surface area contributed by atoms with E-state index in [0.29, 0.717) is 12.4 Å². The minimum absolute atomic E-state index is 0.0254. The molecule has 1 aliphatic heterocycles. The van der Waals surface area contributed by atoms with Crippen LogP contribution >= 0.6 is 9.24 Å². The van der Waals surface area contributed by atoms with Gasteiger partial charge in [0.15, 0.2) is 0 Å². The zero-order chi connectivity index (χ0) is 20.5. The molecule has 0 saturated carbocycles. The normalized spacial score (nSPS) is 17.8. The van der Waals surface area contributed by atoms with Crippen LogP contribution in [0.5, 0.6) is 5.75 Å². The topological polar surface area (TPSA) is 30.5 Å². The van der Waals surface area contributed by atoms with E-state index in [4.69, 9.17) is 9.47 Å². The van der Waals surface area contributed by atoms with Gasteiger partial charge in [0.2, 0.25) is 0 Å². The first-order valence-electron chi connectivity index (χ1n) is 8.82. The predicted octanol–water partition coefficient (Wildman–Crippen LogP) is 4.61. The molecule has 0 spiro atoms. The first-order chi connectivity index (χ1) is 13.0. The summed E-state index contributed by atoms with van der Waals surface area (Å²) in [5, 5.41) is 4.02. The van der Waals surface area contributed by atoms with Crippen molar-refractivity contribution in [2.45, 2.75) is 38.5 Å². The van der Waals surface area contributed by atoms with Crippen molar-refractivity contribution < 1.29 is 27.0 Å². The fraction of sp³-hybridized carbons (Fsp3) is 0.400. The van der Waals surface area contributed by atoms with Crippen LogP contribution in [0.4, 0.5) is 17.6 Å². The molecule has 1 N–H and O–H groups in total. The van der Waals surface area contributed by atoms with Gasteiger partial charge in [-0.25, -0.2) is 17.6 Å². The van der Waals surface area contributed by atoms with E-state index in [-0.39, 0.29) is 29.5 Å².